The normalized spacial score (nSPS) is 11.7. The number of urea groups is 1. The lowest BCUT2D eigenvalue weighted by atomic mass is 10.2. The topological polar surface area (TPSA) is 97.4 Å². The maximum absolute atomic E-state index is 13.3. The van der Waals surface area contributed by atoms with Gasteiger partial charge in [0.15, 0.2) is 0 Å². The standard InChI is InChI=1S/C14H14FN3O3/c1-8(12-3-2-6-21-12)17-14(20)18-9-4-5-11(15)10(7-9)13(16)19/h2-8H,1H3,(H2,16,19)(H2,17,18,20)/t8-/m0/s1. The highest BCUT2D eigenvalue weighted by atomic mass is 19.1. The van der Waals surface area contributed by atoms with E-state index in [0.717, 1.165) is 6.07 Å². The van der Waals surface area contributed by atoms with Crippen molar-refractivity contribution in [1.82, 2.24) is 5.32 Å². The Morgan fingerprint density at radius 2 is 2.10 bits per heavy atom. The smallest absolute Gasteiger partial charge is 0.319 e. The predicted octanol–water partition coefficient (Wildman–Crippen LogP) is 2.40. The van der Waals surface area contributed by atoms with Crippen LogP contribution in [-0.2, 0) is 0 Å². The summed E-state index contributed by atoms with van der Waals surface area (Å²) in [5, 5.41) is 5.13. The first-order valence-corrected chi connectivity index (χ1v) is 6.17. The quantitative estimate of drug-likeness (QED) is 0.806. The molecule has 0 unspecified atom stereocenters. The van der Waals surface area contributed by atoms with E-state index in [0.29, 0.717) is 5.76 Å². The van der Waals surface area contributed by atoms with Crippen molar-refractivity contribution in [3.63, 3.8) is 0 Å². The van der Waals surface area contributed by atoms with Crippen LogP contribution < -0.4 is 16.4 Å². The third kappa shape index (κ3) is 3.59. The van der Waals surface area contributed by atoms with Gasteiger partial charge >= 0.3 is 6.03 Å². The molecule has 6 nitrogen and oxygen atoms in total. The Labute approximate surface area is 120 Å². The van der Waals surface area contributed by atoms with Crippen LogP contribution in [0.1, 0.15) is 29.1 Å². The van der Waals surface area contributed by atoms with Gasteiger partial charge in [0.1, 0.15) is 11.6 Å². The Kier molecular flexibility index (Phi) is 4.22. The number of amides is 3. The molecule has 0 aliphatic rings. The minimum atomic E-state index is -0.902. The zero-order valence-electron chi connectivity index (χ0n) is 11.2. The molecule has 0 aliphatic carbocycles. The Balaban J connectivity index is 2.03. The highest BCUT2D eigenvalue weighted by Crippen LogP contribution is 2.16. The molecule has 2 aromatic rings. The molecule has 0 aliphatic heterocycles. The summed E-state index contributed by atoms with van der Waals surface area (Å²) in [6.45, 7) is 1.75. The zero-order valence-corrected chi connectivity index (χ0v) is 11.2. The summed E-state index contributed by atoms with van der Waals surface area (Å²) in [6.07, 6.45) is 1.50. The molecule has 0 fully saturated rings. The van der Waals surface area contributed by atoms with Gasteiger partial charge in [-0.25, -0.2) is 9.18 Å². The second-order valence-electron chi connectivity index (χ2n) is 4.39. The Bertz CT molecular complexity index is 655. The van der Waals surface area contributed by atoms with Crippen molar-refractivity contribution in [2.24, 2.45) is 5.73 Å². The molecular formula is C14H14FN3O3. The number of hydrogen-bond donors (Lipinski definition) is 3. The van der Waals surface area contributed by atoms with Crippen molar-refractivity contribution in [3.8, 4) is 0 Å². The number of carbonyl (C=O) groups excluding carboxylic acids is 2. The average Bonchev–Trinajstić information content (AvgIpc) is 2.94. The zero-order chi connectivity index (χ0) is 15.4. The molecule has 1 atom stereocenters. The summed E-state index contributed by atoms with van der Waals surface area (Å²) in [5.74, 6) is -1.04. The molecule has 1 aromatic heterocycles. The molecule has 0 saturated heterocycles. The van der Waals surface area contributed by atoms with E-state index in [1.54, 1.807) is 19.1 Å². The van der Waals surface area contributed by atoms with Gasteiger partial charge in [-0.2, -0.15) is 0 Å². The van der Waals surface area contributed by atoms with Crippen LogP contribution in [0.4, 0.5) is 14.9 Å². The van der Waals surface area contributed by atoms with Crippen molar-refractivity contribution in [2.45, 2.75) is 13.0 Å². The van der Waals surface area contributed by atoms with Gasteiger partial charge in [-0.3, -0.25) is 4.79 Å². The summed E-state index contributed by atoms with van der Waals surface area (Å²) < 4.78 is 18.5. The van der Waals surface area contributed by atoms with Crippen LogP contribution in [0.15, 0.2) is 41.0 Å². The van der Waals surface area contributed by atoms with Crippen LogP contribution >= 0.6 is 0 Å². The van der Waals surface area contributed by atoms with Gasteiger partial charge in [-0.1, -0.05) is 0 Å². The van der Waals surface area contributed by atoms with Gasteiger partial charge in [-0.05, 0) is 37.3 Å². The highest BCUT2D eigenvalue weighted by Gasteiger charge is 2.13. The monoisotopic (exact) mass is 291 g/mol. The average molecular weight is 291 g/mol. The highest BCUT2D eigenvalue weighted by molar-refractivity contribution is 5.96. The lowest BCUT2D eigenvalue weighted by molar-refractivity contribution is 0.0996. The fraction of sp³-hybridized carbons (Fsp3) is 0.143. The minimum absolute atomic E-state index is 0.259. The van der Waals surface area contributed by atoms with Gasteiger partial charge in [0.2, 0.25) is 0 Å². The van der Waals surface area contributed by atoms with E-state index in [4.69, 9.17) is 10.2 Å². The van der Waals surface area contributed by atoms with Crippen LogP contribution in [0.25, 0.3) is 0 Å². The summed E-state index contributed by atoms with van der Waals surface area (Å²) in [7, 11) is 0. The Morgan fingerprint density at radius 3 is 2.71 bits per heavy atom. The van der Waals surface area contributed by atoms with E-state index in [2.05, 4.69) is 10.6 Å². The van der Waals surface area contributed by atoms with E-state index >= 15 is 0 Å². The van der Waals surface area contributed by atoms with Gasteiger partial charge in [0.25, 0.3) is 5.91 Å². The van der Waals surface area contributed by atoms with Gasteiger partial charge in [0, 0.05) is 5.69 Å². The molecule has 110 valence electrons. The molecule has 0 spiro atoms. The van der Waals surface area contributed by atoms with Crippen molar-refractivity contribution in [2.75, 3.05) is 5.32 Å². The number of carbonyl (C=O) groups is 2. The second kappa shape index (κ2) is 6.08. The number of hydrogen-bond acceptors (Lipinski definition) is 3. The number of halogens is 1. The summed E-state index contributed by atoms with van der Waals surface area (Å²) in [6, 6.07) is 6.16. The van der Waals surface area contributed by atoms with Crippen LogP contribution in [0, 0.1) is 5.82 Å². The largest absolute Gasteiger partial charge is 0.467 e. The molecule has 1 heterocycles. The lowest BCUT2D eigenvalue weighted by Crippen LogP contribution is -2.31. The van der Waals surface area contributed by atoms with E-state index in [9.17, 15) is 14.0 Å². The van der Waals surface area contributed by atoms with Crippen LogP contribution in [0.2, 0.25) is 0 Å². The second-order valence-corrected chi connectivity index (χ2v) is 4.39. The third-order valence-corrected chi connectivity index (χ3v) is 2.81. The van der Waals surface area contributed by atoms with Crippen LogP contribution in [-0.4, -0.2) is 11.9 Å². The molecule has 21 heavy (non-hydrogen) atoms. The van der Waals surface area contributed by atoms with Crippen LogP contribution in [0.3, 0.4) is 0 Å². The SMILES string of the molecule is C[C@H](NC(=O)Nc1ccc(F)c(C(N)=O)c1)c1ccco1. The molecule has 0 radical (unpaired) electrons. The minimum Gasteiger partial charge on any atom is -0.467 e. The number of rotatable bonds is 4. The molecule has 2 rings (SSSR count). The lowest BCUT2D eigenvalue weighted by Gasteiger charge is -2.13. The first-order valence-electron chi connectivity index (χ1n) is 6.17. The molecule has 1 aromatic carbocycles. The number of nitrogens with two attached hydrogens (primary N) is 1. The maximum Gasteiger partial charge on any atom is 0.319 e. The van der Waals surface area contributed by atoms with Gasteiger partial charge in [0.05, 0.1) is 17.9 Å². The van der Waals surface area contributed by atoms with Crippen LogP contribution in [0.5, 0.6) is 0 Å². The van der Waals surface area contributed by atoms with Crippen molar-refractivity contribution < 1.29 is 18.4 Å². The molecule has 7 heteroatoms. The first-order chi connectivity index (χ1) is 9.97. The molecule has 0 saturated carbocycles. The van der Waals surface area contributed by atoms with E-state index in [1.807, 2.05) is 0 Å². The number of benzene rings is 1. The summed E-state index contributed by atoms with van der Waals surface area (Å²) >= 11 is 0. The van der Waals surface area contributed by atoms with Crippen molar-refractivity contribution >= 4 is 17.6 Å². The predicted molar refractivity (Wildman–Crippen MR) is 74.2 cm³/mol. The Morgan fingerprint density at radius 1 is 1.33 bits per heavy atom. The van der Waals surface area contributed by atoms with Gasteiger partial charge < -0.3 is 20.8 Å². The van der Waals surface area contributed by atoms with E-state index in [-0.39, 0.29) is 17.3 Å². The van der Waals surface area contributed by atoms with Crippen molar-refractivity contribution in [1.29, 1.82) is 0 Å². The molecule has 0 bridgehead atoms. The van der Waals surface area contributed by atoms with Crippen molar-refractivity contribution in [3.05, 3.63) is 53.7 Å². The van der Waals surface area contributed by atoms with E-state index in [1.165, 1.54) is 18.4 Å². The third-order valence-electron chi connectivity index (χ3n) is 2.81. The fourth-order valence-electron chi connectivity index (χ4n) is 1.76. The molecule has 4 N–H and O–H groups in total. The maximum atomic E-state index is 13.3. The van der Waals surface area contributed by atoms with E-state index < -0.39 is 17.8 Å². The molecular weight excluding hydrogens is 277 g/mol. The summed E-state index contributed by atoms with van der Waals surface area (Å²) in [4.78, 5) is 22.8. The molecule has 3 amide bonds. The number of anilines is 1. The summed E-state index contributed by atoms with van der Waals surface area (Å²) in [5.41, 5.74) is 5.01. The number of nitrogens with one attached hydrogen (secondary N) is 2. The Hall–Kier alpha value is -2.83. The van der Waals surface area contributed by atoms with Gasteiger partial charge in [-0.15, -0.1) is 0 Å². The fourth-order valence-corrected chi connectivity index (χ4v) is 1.76. The number of furan rings is 1. The first kappa shape index (κ1) is 14.6. The number of primary amides is 1.